The molecule has 0 bridgehead atoms. The Labute approximate surface area is 85.1 Å². The van der Waals surface area contributed by atoms with Crippen LogP contribution in [-0.2, 0) is 6.42 Å². The van der Waals surface area contributed by atoms with Crippen LogP contribution in [0.1, 0.15) is 36.8 Å². The fourth-order valence-electron chi connectivity index (χ4n) is 2.26. The second-order valence-electron chi connectivity index (χ2n) is 4.52. The highest BCUT2D eigenvalue weighted by Gasteiger charge is 2.33. The summed E-state index contributed by atoms with van der Waals surface area (Å²) in [6, 6.07) is 8.23. The molecule has 14 heavy (non-hydrogen) atoms. The smallest absolute Gasteiger partial charge is 0.115 e. The zero-order chi connectivity index (χ0) is 10.0. The number of hydrogen-bond acceptors (Lipinski definition) is 0. The Morgan fingerprint density at radius 1 is 1.14 bits per heavy atom. The first-order valence-corrected chi connectivity index (χ1v) is 5.42. The van der Waals surface area contributed by atoms with Gasteiger partial charge in [0.05, 0.1) is 0 Å². The highest BCUT2D eigenvalue weighted by Crippen LogP contribution is 2.36. The van der Waals surface area contributed by atoms with Crippen molar-refractivity contribution in [3.05, 3.63) is 35.4 Å². The van der Waals surface area contributed by atoms with Gasteiger partial charge in [0.1, 0.15) is 5.67 Å². The number of aryl methyl sites for hydroxylation is 1. The minimum Gasteiger partial charge on any atom is -0.244 e. The summed E-state index contributed by atoms with van der Waals surface area (Å²) in [4.78, 5) is 0. The predicted molar refractivity (Wildman–Crippen MR) is 57.2 cm³/mol. The van der Waals surface area contributed by atoms with E-state index < -0.39 is 5.67 Å². The quantitative estimate of drug-likeness (QED) is 0.668. The zero-order valence-corrected chi connectivity index (χ0v) is 8.72. The van der Waals surface area contributed by atoms with Crippen molar-refractivity contribution in [1.82, 2.24) is 0 Å². The molecule has 0 radical (unpaired) electrons. The maximum absolute atomic E-state index is 14.1. The summed E-state index contributed by atoms with van der Waals surface area (Å²) in [6.07, 6.45) is 4.22. The highest BCUT2D eigenvalue weighted by atomic mass is 19.1. The molecule has 76 valence electrons. The van der Waals surface area contributed by atoms with E-state index in [2.05, 4.69) is 31.2 Å². The SMILES string of the molecule is Cc1ccc(CC2(F)CCCC2)cc1. The lowest BCUT2D eigenvalue weighted by molar-refractivity contribution is 0.173. The maximum Gasteiger partial charge on any atom is 0.115 e. The Morgan fingerprint density at radius 3 is 2.29 bits per heavy atom. The van der Waals surface area contributed by atoms with Gasteiger partial charge in [-0.05, 0) is 25.3 Å². The van der Waals surface area contributed by atoms with E-state index in [0.717, 1.165) is 31.2 Å². The van der Waals surface area contributed by atoms with Gasteiger partial charge in [-0.2, -0.15) is 0 Å². The Kier molecular flexibility index (Phi) is 2.58. The molecule has 0 N–H and O–H groups in total. The lowest BCUT2D eigenvalue weighted by Gasteiger charge is -2.18. The summed E-state index contributed by atoms with van der Waals surface area (Å²) in [7, 11) is 0. The molecule has 1 saturated carbocycles. The second-order valence-corrected chi connectivity index (χ2v) is 4.52. The number of benzene rings is 1. The third-order valence-corrected chi connectivity index (χ3v) is 3.14. The van der Waals surface area contributed by atoms with Crippen molar-refractivity contribution in [1.29, 1.82) is 0 Å². The molecular weight excluding hydrogens is 175 g/mol. The average Bonchev–Trinajstić information content (AvgIpc) is 2.57. The first-order chi connectivity index (χ1) is 6.68. The molecule has 1 aliphatic rings. The fourth-order valence-corrected chi connectivity index (χ4v) is 2.26. The standard InChI is InChI=1S/C13H17F/c1-11-4-6-12(7-5-11)10-13(14)8-2-3-9-13/h4-7H,2-3,8-10H2,1H3. The van der Waals surface area contributed by atoms with E-state index in [9.17, 15) is 4.39 Å². The van der Waals surface area contributed by atoms with Crippen molar-refractivity contribution in [3.63, 3.8) is 0 Å². The molecule has 0 aliphatic heterocycles. The average molecular weight is 192 g/mol. The first-order valence-electron chi connectivity index (χ1n) is 5.42. The lowest BCUT2D eigenvalue weighted by atomic mass is 9.94. The van der Waals surface area contributed by atoms with Gasteiger partial charge in [0.15, 0.2) is 0 Å². The molecule has 1 aromatic carbocycles. The van der Waals surface area contributed by atoms with Gasteiger partial charge in [-0.3, -0.25) is 0 Å². The molecule has 0 aromatic heterocycles. The van der Waals surface area contributed by atoms with Crippen molar-refractivity contribution in [2.45, 2.75) is 44.7 Å². The van der Waals surface area contributed by atoms with E-state index in [1.54, 1.807) is 0 Å². The summed E-state index contributed by atoms with van der Waals surface area (Å²) in [5.41, 5.74) is 1.47. The van der Waals surface area contributed by atoms with Crippen molar-refractivity contribution >= 4 is 0 Å². The topological polar surface area (TPSA) is 0 Å². The molecule has 0 unspecified atom stereocenters. The van der Waals surface area contributed by atoms with E-state index in [0.29, 0.717) is 6.42 Å². The third kappa shape index (κ3) is 2.14. The lowest BCUT2D eigenvalue weighted by Crippen LogP contribution is -2.20. The number of rotatable bonds is 2. The van der Waals surface area contributed by atoms with Crippen molar-refractivity contribution < 1.29 is 4.39 Å². The third-order valence-electron chi connectivity index (χ3n) is 3.14. The Hall–Kier alpha value is -0.850. The summed E-state index contributed by atoms with van der Waals surface area (Å²) >= 11 is 0. The Balaban J connectivity index is 2.06. The largest absolute Gasteiger partial charge is 0.244 e. The van der Waals surface area contributed by atoms with Crippen LogP contribution in [0.3, 0.4) is 0 Å². The zero-order valence-electron chi connectivity index (χ0n) is 8.72. The molecule has 1 fully saturated rings. The molecule has 2 rings (SSSR count). The molecule has 1 heteroatoms. The Morgan fingerprint density at radius 2 is 1.71 bits per heavy atom. The minimum atomic E-state index is -0.907. The van der Waals surface area contributed by atoms with Gasteiger partial charge in [-0.15, -0.1) is 0 Å². The maximum atomic E-state index is 14.1. The fraction of sp³-hybridized carbons (Fsp3) is 0.538. The summed E-state index contributed by atoms with van der Waals surface area (Å²) in [5.74, 6) is 0. The van der Waals surface area contributed by atoms with Gasteiger partial charge in [0.2, 0.25) is 0 Å². The van der Waals surface area contributed by atoms with Crippen molar-refractivity contribution in [3.8, 4) is 0 Å². The normalized spacial score (nSPS) is 19.9. The molecule has 0 saturated heterocycles. The second kappa shape index (κ2) is 3.72. The Bertz CT molecular complexity index is 294. The van der Waals surface area contributed by atoms with Crippen LogP contribution in [0.15, 0.2) is 24.3 Å². The van der Waals surface area contributed by atoms with Crippen LogP contribution >= 0.6 is 0 Å². The molecule has 0 amide bonds. The van der Waals surface area contributed by atoms with E-state index >= 15 is 0 Å². The summed E-state index contributed by atoms with van der Waals surface area (Å²) in [5, 5.41) is 0. The monoisotopic (exact) mass is 192 g/mol. The number of alkyl halides is 1. The van der Waals surface area contributed by atoms with Gasteiger partial charge in [-0.1, -0.05) is 42.7 Å². The van der Waals surface area contributed by atoms with Crippen molar-refractivity contribution in [2.75, 3.05) is 0 Å². The van der Waals surface area contributed by atoms with Crippen LogP contribution in [0.5, 0.6) is 0 Å². The molecule has 0 nitrogen and oxygen atoms in total. The van der Waals surface area contributed by atoms with Crippen LogP contribution in [0, 0.1) is 6.92 Å². The van der Waals surface area contributed by atoms with E-state index in [1.165, 1.54) is 5.56 Å². The van der Waals surface area contributed by atoms with E-state index in [1.807, 2.05) is 0 Å². The molecule has 0 atom stereocenters. The summed E-state index contributed by atoms with van der Waals surface area (Å²) < 4.78 is 14.1. The molecule has 1 aliphatic carbocycles. The van der Waals surface area contributed by atoms with Crippen LogP contribution in [-0.4, -0.2) is 5.67 Å². The van der Waals surface area contributed by atoms with Crippen LogP contribution in [0.2, 0.25) is 0 Å². The molecular formula is C13H17F. The van der Waals surface area contributed by atoms with Crippen LogP contribution in [0.25, 0.3) is 0 Å². The van der Waals surface area contributed by atoms with Crippen LogP contribution < -0.4 is 0 Å². The summed E-state index contributed by atoms with van der Waals surface area (Å²) in [6.45, 7) is 2.06. The van der Waals surface area contributed by atoms with Gasteiger partial charge in [0.25, 0.3) is 0 Å². The first kappa shape index (κ1) is 9.70. The number of hydrogen-bond donors (Lipinski definition) is 0. The van der Waals surface area contributed by atoms with Gasteiger partial charge < -0.3 is 0 Å². The predicted octanol–water partition coefficient (Wildman–Crippen LogP) is 3.82. The van der Waals surface area contributed by atoms with Crippen molar-refractivity contribution in [2.24, 2.45) is 0 Å². The minimum absolute atomic E-state index is 0.604. The van der Waals surface area contributed by atoms with Gasteiger partial charge in [-0.25, -0.2) is 4.39 Å². The molecule has 0 spiro atoms. The van der Waals surface area contributed by atoms with Gasteiger partial charge >= 0.3 is 0 Å². The molecule has 0 heterocycles. The van der Waals surface area contributed by atoms with E-state index in [-0.39, 0.29) is 0 Å². The highest BCUT2D eigenvalue weighted by molar-refractivity contribution is 5.23. The van der Waals surface area contributed by atoms with Gasteiger partial charge in [0, 0.05) is 6.42 Å². The van der Waals surface area contributed by atoms with E-state index in [4.69, 9.17) is 0 Å². The van der Waals surface area contributed by atoms with Crippen LogP contribution in [0.4, 0.5) is 4.39 Å². The number of halogens is 1. The molecule has 1 aromatic rings.